The fourth-order valence-electron chi connectivity index (χ4n) is 2.72. The number of hydrogen-bond acceptors (Lipinski definition) is 2. The predicted molar refractivity (Wildman–Crippen MR) is 63.5 cm³/mol. The van der Waals surface area contributed by atoms with Crippen LogP contribution in [-0.2, 0) is 9.59 Å². The van der Waals surface area contributed by atoms with E-state index in [2.05, 4.69) is 13.2 Å². The van der Waals surface area contributed by atoms with Crippen molar-refractivity contribution in [2.45, 2.75) is 25.7 Å². The fraction of sp³-hybridized carbons (Fsp3) is 0.538. The van der Waals surface area contributed by atoms with Gasteiger partial charge in [0.1, 0.15) is 0 Å². The number of aliphatic carboxylic acids is 2. The number of hydrogen-bond donors (Lipinski definition) is 2. The highest BCUT2D eigenvalue weighted by Crippen LogP contribution is 2.63. The minimum absolute atomic E-state index is 0.282. The van der Waals surface area contributed by atoms with E-state index in [0.717, 1.165) is 0 Å². The lowest BCUT2D eigenvalue weighted by Gasteiger charge is -2.06. The van der Waals surface area contributed by atoms with Gasteiger partial charge in [0.2, 0.25) is 0 Å². The van der Waals surface area contributed by atoms with Crippen LogP contribution in [0.4, 0.5) is 0 Å². The first-order valence-electron chi connectivity index (χ1n) is 5.72. The summed E-state index contributed by atoms with van der Waals surface area (Å²) in [6.07, 6.45) is 5.83. The molecule has 17 heavy (non-hydrogen) atoms. The number of allylic oxidation sites excluding steroid dienone is 2. The summed E-state index contributed by atoms with van der Waals surface area (Å²) in [7, 11) is 0. The first kappa shape index (κ1) is 13.5. The van der Waals surface area contributed by atoms with Crippen molar-refractivity contribution >= 4 is 11.9 Å². The molecule has 0 spiro atoms. The largest absolute Gasteiger partial charge is 0.480 e. The van der Waals surface area contributed by atoms with Crippen LogP contribution in [0.15, 0.2) is 25.3 Å². The summed E-state index contributed by atoms with van der Waals surface area (Å²) < 4.78 is 0. The maximum Gasteiger partial charge on any atom is 0.321 e. The molecule has 1 fully saturated rings. The van der Waals surface area contributed by atoms with Gasteiger partial charge in [-0.25, -0.2) is 0 Å². The summed E-state index contributed by atoms with van der Waals surface area (Å²) in [4.78, 5) is 22.5. The van der Waals surface area contributed by atoms with Crippen molar-refractivity contribution in [3.05, 3.63) is 25.3 Å². The molecular formula is C13H18O4. The number of carbonyl (C=O) groups is 2. The van der Waals surface area contributed by atoms with Crippen LogP contribution in [0.3, 0.4) is 0 Å². The van der Waals surface area contributed by atoms with Crippen molar-refractivity contribution in [2.24, 2.45) is 17.3 Å². The molecule has 0 aromatic carbocycles. The summed E-state index contributed by atoms with van der Waals surface area (Å²) >= 11 is 0. The van der Waals surface area contributed by atoms with Crippen molar-refractivity contribution in [1.82, 2.24) is 0 Å². The summed E-state index contributed by atoms with van der Waals surface area (Å²) in [5, 5.41) is 18.4. The lowest BCUT2D eigenvalue weighted by atomic mass is 10.00. The third-order valence-electron chi connectivity index (χ3n) is 3.62. The predicted octanol–water partition coefficient (Wildman–Crippen LogP) is 2.32. The van der Waals surface area contributed by atoms with Gasteiger partial charge < -0.3 is 10.2 Å². The van der Waals surface area contributed by atoms with Crippen LogP contribution in [0.25, 0.3) is 0 Å². The molecule has 94 valence electrons. The Bertz CT molecular complexity index is 311. The van der Waals surface area contributed by atoms with Crippen LogP contribution in [0, 0.1) is 17.3 Å². The molecule has 0 aromatic heterocycles. The van der Waals surface area contributed by atoms with Crippen molar-refractivity contribution in [3.63, 3.8) is 0 Å². The van der Waals surface area contributed by atoms with Crippen molar-refractivity contribution in [2.75, 3.05) is 0 Å². The zero-order valence-corrected chi connectivity index (χ0v) is 9.76. The molecule has 1 saturated carbocycles. The molecular weight excluding hydrogens is 220 g/mol. The van der Waals surface area contributed by atoms with Gasteiger partial charge in [-0.05, 0) is 37.5 Å². The van der Waals surface area contributed by atoms with E-state index in [1.165, 1.54) is 0 Å². The Kier molecular flexibility index (Phi) is 4.10. The van der Waals surface area contributed by atoms with Gasteiger partial charge in [0.05, 0.1) is 0 Å². The van der Waals surface area contributed by atoms with Crippen LogP contribution in [0.5, 0.6) is 0 Å². The van der Waals surface area contributed by atoms with Crippen molar-refractivity contribution in [1.29, 1.82) is 0 Å². The molecule has 0 aliphatic heterocycles. The molecule has 4 heteroatoms. The number of rotatable bonds is 8. The van der Waals surface area contributed by atoms with Gasteiger partial charge in [-0.15, -0.1) is 13.2 Å². The third-order valence-corrected chi connectivity index (χ3v) is 3.62. The molecule has 2 unspecified atom stereocenters. The molecule has 1 rings (SSSR count). The second-order valence-electron chi connectivity index (χ2n) is 4.42. The molecule has 0 saturated heterocycles. The van der Waals surface area contributed by atoms with Crippen molar-refractivity contribution in [3.8, 4) is 0 Å². The van der Waals surface area contributed by atoms with Gasteiger partial charge in [0, 0.05) is 0 Å². The van der Waals surface area contributed by atoms with E-state index in [-0.39, 0.29) is 11.8 Å². The maximum atomic E-state index is 11.2. The van der Waals surface area contributed by atoms with Gasteiger partial charge in [0.15, 0.2) is 5.41 Å². The summed E-state index contributed by atoms with van der Waals surface area (Å²) in [5.41, 5.74) is -1.58. The second kappa shape index (κ2) is 5.17. The average molecular weight is 238 g/mol. The van der Waals surface area contributed by atoms with E-state index in [1.54, 1.807) is 12.2 Å². The Morgan fingerprint density at radius 2 is 1.35 bits per heavy atom. The highest BCUT2D eigenvalue weighted by Gasteiger charge is 2.73. The summed E-state index contributed by atoms with van der Waals surface area (Å²) in [6.45, 7) is 7.15. The lowest BCUT2D eigenvalue weighted by Crippen LogP contribution is -2.29. The monoisotopic (exact) mass is 238 g/mol. The Morgan fingerprint density at radius 1 is 1.00 bits per heavy atom. The van der Waals surface area contributed by atoms with E-state index in [4.69, 9.17) is 0 Å². The second-order valence-corrected chi connectivity index (χ2v) is 4.42. The zero-order valence-electron chi connectivity index (χ0n) is 9.76. The highest BCUT2D eigenvalue weighted by atomic mass is 16.4. The average Bonchev–Trinajstić information content (AvgIpc) is 2.92. The van der Waals surface area contributed by atoms with Crippen LogP contribution in [-0.4, -0.2) is 22.2 Å². The molecule has 2 atom stereocenters. The van der Waals surface area contributed by atoms with Gasteiger partial charge >= 0.3 is 11.9 Å². The minimum atomic E-state index is -1.58. The zero-order chi connectivity index (χ0) is 13.1. The van der Waals surface area contributed by atoms with Gasteiger partial charge in [-0.2, -0.15) is 0 Å². The number of carboxylic acid groups (broad SMARTS) is 2. The SMILES string of the molecule is C=CCCC1C(CCC=C)C1(C(=O)O)C(=O)O. The maximum absolute atomic E-state index is 11.2. The fourth-order valence-corrected chi connectivity index (χ4v) is 2.72. The Morgan fingerprint density at radius 3 is 1.59 bits per heavy atom. The van der Waals surface area contributed by atoms with Crippen LogP contribution < -0.4 is 0 Å². The Balaban J connectivity index is 2.85. The van der Waals surface area contributed by atoms with Crippen LogP contribution in [0.1, 0.15) is 25.7 Å². The van der Waals surface area contributed by atoms with E-state index >= 15 is 0 Å². The molecule has 0 heterocycles. The third kappa shape index (κ3) is 2.12. The molecule has 4 nitrogen and oxygen atoms in total. The van der Waals surface area contributed by atoms with Gasteiger partial charge in [0.25, 0.3) is 0 Å². The van der Waals surface area contributed by atoms with E-state index in [0.29, 0.717) is 25.7 Å². The summed E-state index contributed by atoms with van der Waals surface area (Å²) in [5.74, 6) is -2.99. The molecule has 2 N–H and O–H groups in total. The van der Waals surface area contributed by atoms with E-state index < -0.39 is 17.4 Å². The Hall–Kier alpha value is -1.58. The lowest BCUT2D eigenvalue weighted by molar-refractivity contribution is -0.158. The van der Waals surface area contributed by atoms with E-state index in [1.807, 2.05) is 0 Å². The highest BCUT2D eigenvalue weighted by molar-refractivity contribution is 6.02. The smallest absolute Gasteiger partial charge is 0.321 e. The van der Waals surface area contributed by atoms with Crippen LogP contribution in [0.2, 0.25) is 0 Å². The van der Waals surface area contributed by atoms with Crippen LogP contribution >= 0.6 is 0 Å². The van der Waals surface area contributed by atoms with Gasteiger partial charge in [-0.3, -0.25) is 9.59 Å². The molecule has 1 aliphatic carbocycles. The van der Waals surface area contributed by atoms with Gasteiger partial charge in [-0.1, -0.05) is 12.2 Å². The minimum Gasteiger partial charge on any atom is -0.480 e. The Labute approximate surface area is 101 Å². The standard InChI is InChI=1S/C13H18O4/c1-3-5-7-9-10(8-6-4-2)13(9,11(14)15)12(16)17/h3-4,9-10H,1-2,5-8H2,(H,14,15)(H,16,17). The first-order valence-corrected chi connectivity index (χ1v) is 5.72. The molecule has 0 radical (unpaired) electrons. The number of carboxylic acids is 2. The normalized spacial score (nSPS) is 24.9. The quantitative estimate of drug-likeness (QED) is 0.502. The molecule has 0 aromatic rings. The van der Waals surface area contributed by atoms with E-state index in [9.17, 15) is 19.8 Å². The molecule has 1 aliphatic rings. The topological polar surface area (TPSA) is 74.6 Å². The summed E-state index contributed by atoms with van der Waals surface area (Å²) in [6, 6.07) is 0. The first-order chi connectivity index (χ1) is 8.03. The molecule has 0 amide bonds. The molecule has 0 bridgehead atoms. The van der Waals surface area contributed by atoms with Crippen molar-refractivity contribution < 1.29 is 19.8 Å².